The Bertz CT molecular complexity index is 1430. The molecular formula is C24H25F7N6O2. The SMILES string of the molecule is CC(C)n1c(=O)c(-c2cc(F)c(NC[C@@H](O)C(F)(F)F)c(F)c2F)cc2cnc(N[C@@H]3CNC[C@@H](F)C3)nc21. The van der Waals surface area contributed by atoms with E-state index in [4.69, 9.17) is 5.11 Å². The molecule has 2 aromatic heterocycles. The summed E-state index contributed by atoms with van der Waals surface area (Å²) in [7, 11) is 0. The second-order valence-corrected chi connectivity index (χ2v) is 9.48. The van der Waals surface area contributed by atoms with Gasteiger partial charge in [0.25, 0.3) is 5.56 Å². The molecule has 8 nitrogen and oxygen atoms in total. The zero-order valence-corrected chi connectivity index (χ0v) is 20.7. The van der Waals surface area contributed by atoms with Crippen molar-refractivity contribution >= 4 is 22.7 Å². The molecular weight excluding hydrogens is 537 g/mol. The maximum Gasteiger partial charge on any atom is 0.416 e. The minimum absolute atomic E-state index is 0.115. The molecule has 1 aliphatic heterocycles. The zero-order valence-electron chi connectivity index (χ0n) is 20.7. The molecule has 1 saturated heterocycles. The number of nitrogens with zero attached hydrogens (tertiary/aromatic N) is 3. The second kappa shape index (κ2) is 11.0. The summed E-state index contributed by atoms with van der Waals surface area (Å²) in [6.07, 6.45) is -7.54. The fraction of sp³-hybridized carbons (Fsp3) is 0.458. The molecule has 15 heteroatoms. The summed E-state index contributed by atoms with van der Waals surface area (Å²) in [6.45, 7) is 2.64. The van der Waals surface area contributed by atoms with Crippen molar-refractivity contribution in [2.75, 3.05) is 30.3 Å². The summed E-state index contributed by atoms with van der Waals surface area (Å²) in [5, 5.41) is 17.0. The van der Waals surface area contributed by atoms with Gasteiger partial charge < -0.3 is 21.1 Å². The van der Waals surface area contributed by atoms with E-state index < -0.39 is 70.9 Å². The topological polar surface area (TPSA) is 104 Å². The molecule has 4 N–H and O–H groups in total. The molecule has 0 bridgehead atoms. The van der Waals surface area contributed by atoms with Crippen molar-refractivity contribution in [3.63, 3.8) is 0 Å². The minimum atomic E-state index is -5.06. The molecule has 3 aromatic rings. The number of rotatable bonds is 7. The number of aliphatic hydroxyl groups excluding tert-OH is 1. The molecule has 3 heterocycles. The second-order valence-electron chi connectivity index (χ2n) is 9.48. The van der Waals surface area contributed by atoms with Crippen LogP contribution in [0.25, 0.3) is 22.2 Å². The summed E-state index contributed by atoms with van der Waals surface area (Å²) in [5.74, 6) is -4.91. The number of aromatic nitrogens is 3. The van der Waals surface area contributed by atoms with Gasteiger partial charge in [-0.1, -0.05) is 0 Å². The number of hydrogen-bond acceptors (Lipinski definition) is 7. The Labute approximate surface area is 217 Å². The predicted octanol–water partition coefficient (Wildman–Crippen LogP) is 3.90. The first-order valence-corrected chi connectivity index (χ1v) is 12.0. The molecule has 39 heavy (non-hydrogen) atoms. The average Bonchev–Trinajstić information content (AvgIpc) is 2.85. The monoisotopic (exact) mass is 562 g/mol. The number of piperidine rings is 1. The van der Waals surface area contributed by atoms with Crippen molar-refractivity contribution in [3.05, 3.63) is 46.1 Å². The van der Waals surface area contributed by atoms with Crippen LogP contribution >= 0.6 is 0 Å². The van der Waals surface area contributed by atoms with Gasteiger partial charge in [-0.3, -0.25) is 9.36 Å². The molecule has 3 atom stereocenters. The Morgan fingerprint density at radius 3 is 2.51 bits per heavy atom. The highest BCUT2D eigenvalue weighted by Gasteiger charge is 2.38. The Morgan fingerprint density at radius 1 is 1.15 bits per heavy atom. The van der Waals surface area contributed by atoms with Crippen LogP contribution in [0.4, 0.5) is 42.4 Å². The van der Waals surface area contributed by atoms with Gasteiger partial charge in [-0.05, 0) is 26.0 Å². The van der Waals surface area contributed by atoms with Gasteiger partial charge >= 0.3 is 6.18 Å². The molecule has 1 aromatic carbocycles. The Balaban J connectivity index is 1.74. The van der Waals surface area contributed by atoms with Gasteiger partial charge in [-0.15, -0.1) is 0 Å². The van der Waals surface area contributed by atoms with Crippen molar-refractivity contribution in [1.82, 2.24) is 19.9 Å². The Kier molecular flexibility index (Phi) is 8.02. The van der Waals surface area contributed by atoms with Crippen molar-refractivity contribution < 1.29 is 35.8 Å². The lowest BCUT2D eigenvalue weighted by Gasteiger charge is -2.26. The standard InChI is InChI=1S/C24H25F7N6O2/c1-10(2)37-21-11(6-34-23(36-21)35-13-4-12(25)7-32-8-13)3-15(22(37)39)14-5-16(26)20(19(28)18(14)27)33-9-17(38)24(29,30)31/h3,5-6,10,12-13,17,32-33,38H,4,7-9H2,1-2H3,(H,34,35,36)/t12-,13-,17+/m0/s1. The number of alkyl halides is 4. The molecule has 0 amide bonds. The third-order valence-electron chi connectivity index (χ3n) is 6.22. The quantitative estimate of drug-likeness (QED) is 0.256. The summed E-state index contributed by atoms with van der Waals surface area (Å²) in [5.41, 5.74) is -3.13. The van der Waals surface area contributed by atoms with Crippen LogP contribution in [-0.4, -0.2) is 63.8 Å². The van der Waals surface area contributed by atoms with Crippen molar-refractivity contribution in [2.45, 2.75) is 50.8 Å². The van der Waals surface area contributed by atoms with Gasteiger partial charge in [0.15, 0.2) is 17.7 Å². The number of fused-ring (bicyclic) bond motifs is 1. The van der Waals surface area contributed by atoms with Crippen LogP contribution in [0.3, 0.4) is 0 Å². The first-order chi connectivity index (χ1) is 18.3. The molecule has 0 saturated carbocycles. The zero-order chi connectivity index (χ0) is 28.6. The van der Waals surface area contributed by atoms with Crippen LogP contribution in [0.1, 0.15) is 26.3 Å². The van der Waals surface area contributed by atoms with E-state index in [1.807, 2.05) is 0 Å². The number of anilines is 2. The van der Waals surface area contributed by atoms with Gasteiger partial charge in [0.05, 0.1) is 5.56 Å². The lowest BCUT2D eigenvalue weighted by molar-refractivity contribution is -0.198. The molecule has 0 radical (unpaired) electrons. The van der Waals surface area contributed by atoms with Crippen LogP contribution in [0.5, 0.6) is 0 Å². The van der Waals surface area contributed by atoms with E-state index in [0.29, 0.717) is 12.6 Å². The van der Waals surface area contributed by atoms with Crippen molar-refractivity contribution in [2.24, 2.45) is 0 Å². The van der Waals surface area contributed by atoms with Crippen molar-refractivity contribution in [1.29, 1.82) is 0 Å². The maximum absolute atomic E-state index is 15.1. The predicted molar refractivity (Wildman–Crippen MR) is 130 cm³/mol. The minimum Gasteiger partial charge on any atom is -0.382 e. The lowest BCUT2D eigenvalue weighted by atomic mass is 10.0. The molecule has 0 unspecified atom stereocenters. The van der Waals surface area contributed by atoms with E-state index in [0.717, 1.165) is 6.07 Å². The number of hydrogen-bond donors (Lipinski definition) is 4. The third-order valence-corrected chi connectivity index (χ3v) is 6.22. The van der Waals surface area contributed by atoms with E-state index in [1.165, 1.54) is 10.8 Å². The molecule has 1 fully saturated rings. The average molecular weight is 562 g/mol. The van der Waals surface area contributed by atoms with Crippen molar-refractivity contribution in [3.8, 4) is 11.1 Å². The molecule has 0 aliphatic carbocycles. The van der Waals surface area contributed by atoms with E-state index >= 15 is 4.39 Å². The molecule has 4 rings (SSSR count). The summed E-state index contributed by atoms with van der Waals surface area (Å²) >= 11 is 0. The van der Waals surface area contributed by atoms with Gasteiger partial charge in [0, 0.05) is 55.3 Å². The maximum atomic E-state index is 15.1. The molecule has 212 valence electrons. The summed E-state index contributed by atoms with van der Waals surface area (Å²) in [6, 6.07) is 0.775. The molecule has 0 spiro atoms. The Hall–Kier alpha value is -3.46. The van der Waals surface area contributed by atoms with Gasteiger partial charge in [0.2, 0.25) is 5.95 Å². The third kappa shape index (κ3) is 5.93. The van der Waals surface area contributed by atoms with Gasteiger partial charge in [-0.25, -0.2) is 22.5 Å². The number of nitrogens with one attached hydrogen (secondary N) is 3. The lowest BCUT2D eigenvalue weighted by Crippen LogP contribution is -2.44. The largest absolute Gasteiger partial charge is 0.416 e. The number of pyridine rings is 1. The van der Waals surface area contributed by atoms with E-state index in [1.54, 1.807) is 19.2 Å². The summed E-state index contributed by atoms with van der Waals surface area (Å²) < 4.78 is 97.0. The normalized spacial score (nSPS) is 18.9. The highest BCUT2D eigenvalue weighted by molar-refractivity contribution is 5.82. The van der Waals surface area contributed by atoms with Crippen LogP contribution in [0, 0.1) is 17.5 Å². The van der Waals surface area contributed by atoms with Gasteiger partial charge in [-0.2, -0.15) is 18.2 Å². The van der Waals surface area contributed by atoms with Crippen LogP contribution in [-0.2, 0) is 0 Å². The molecule has 1 aliphatic rings. The fourth-order valence-corrected chi connectivity index (χ4v) is 4.31. The first-order valence-electron chi connectivity index (χ1n) is 12.0. The highest BCUT2D eigenvalue weighted by Crippen LogP contribution is 2.32. The first kappa shape index (κ1) is 28.5. The number of aliphatic hydroxyl groups is 1. The number of benzene rings is 1. The van der Waals surface area contributed by atoms with Crippen LogP contribution < -0.4 is 21.5 Å². The van der Waals surface area contributed by atoms with E-state index in [2.05, 4.69) is 20.6 Å². The smallest absolute Gasteiger partial charge is 0.382 e. The summed E-state index contributed by atoms with van der Waals surface area (Å²) in [4.78, 5) is 21.9. The highest BCUT2D eigenvalue weighted by atomic mass is 19.4. The van der Waals surface area contributed by atoms with Gasteiger partial charge in [0.1, 0.15) is 23.3 Å². The van der Waals surface area contributed by atoms with E-state index in [-0.39, 0.29) is 36.0 Å². The van der Waals surface area contributed by atoms with Crippen LogP contribution in [0.15, 0.2) is 23.1 Å². The fourth-order valence-electron chi connectivity index (χ4n) is 4.31. The Morgan fingerprint density at radius 2 is 1.87 bits per heavy atom. The number of halogens is 7. The van der Waals surface area contributed by atoms with E-state index in [9.17, 15) is 31.1 Å². The van der Waals surface area contributed by atoms with Crippen LogP contribution in [0.2, 0.25) is 0 Å².